The number of halogens is 2. The molecule has 9 heteroatoms. The number of thioether (sulfide) groups is 1. The van der Waals surface area contributed by atoms with Crippen molar-refractivity contribution in [3.05, 3.63) is 88.3 Å². The Balaban J connectivity index is 1.72. The molecule has 4 aromatic rings. The van der Waals surface area contributed by atoms with Gasteiger partial charge in [0, 0.05) is 37.5 Å². The first kappa shape index (κ1) is 20.8. The van der Waals surface area contributed by atoms with Crippen molar-refractivity contribution in [1.29, 1.82) is 0 Å². The lowest BCUT2D eigenvalue weighted by atomic mass is 10.2. The molecular weight excluding hydrogens is 422 g/mol. The summed E-state index contributed by atoms with van der Waals surface area (Å²) in [4.78, 5) is 21.9. The number of pyridine rings is 1. The van der Waals surface area contributed by atoms with E-state index >= 15 is 0 Å². The molecule has 0 unspecified atom stereocenters. The van der Waals surface area contributed by atoms with Crippen LogP contribution in [0.25, 0.3) is 11.0 Å². The second-order valence-electron chi connectivity index (χ2n) is 6.86. The lowest BCUT2D eigenvalue weighted by Gasteiger charge is -2.19. The highest BCUT2D eigenvalue weighted by Gasteiger charge is 2.17. The van der Waals surface area contributed by atoms with E-state index in [1.807, 2.05) is 30.3 Å². The molecule has 0 fully saturated rings. The van der Waals surface area contributed by atoms with Crippen LogP contribution < -0.4 is 15.3 Å². The van der Waals surface area contributed by atoms with E-state index in [9.17, 15) is 13.6 Å². The molecule has 31 heavy (non-hydrogen) atoms. The van der Waals surface area contributed by atoms with Crippen molar-refractivity contribution in [3.63, 3.8) is 0 Å². The van der Waals surface area contributed by atoms with E-state index < -0.39 is 17.2 Å². The van der Waals surface area contributed by atoms with Gasteiger partial charge in [0.1, 0.15) is 5.82 Å². The summed E-state index contributed by atoms with van der Waals surface area (Å²) in [5.74, 6) is -1.33. The molecular formula is C22H18F2N4O2S. The summed E-state index contributed by atoms with van der Waals surface area (Å²) in [6.45, 7) is 0. The van der Waals surface area contributed by atoms with E-state index in [1.54, 1.807) is 25.3 Å². The molecule has 0 amide bonds. The predicted molar refractivity (Wildman–Crippen MR) is 116 cm³/mol. The van der Waals surface area contributed by atoms with Gasteiger partial charge in [-0.2, -0.15) is 4.68 Å². The summed E-state index contributed by atoms with van der Waals surface area (Å²) < 4.78 is 34.0. The summed E-state index contributed by atoms with van der Waals surface area (Å²) in [7, 11) is 3.37. The van der Waals surface area contributed by atoms with E-state index in [0.29, 0.717) is 28.0 Å². The fraction of sp³-hybridized carbons (Fsp3) is 0.136. The van der Waals surface area contributed by atoms with Gasteiger partial charge in [0.05, 0.1) is 0 Å². The largest absolute Gasteiger partial charge is 0.448 e. The maximum Gasteiger partial charge on any atom is 0.313 e. The van der Waals surface area contributed by atoms with Crippen LogP contribution >= 0.6 is 11.8 Å². The quantitative estimate of drug-likeness (QED) is 0.328. The molecule has 0 spiro atoms. The monoisotopic (exact) mass is 440 g/mol. The topological polar surface area (TPSA) is 60.2 Å². The van der Waals surface area contributed by atoms with Gasteiger partial charge in [0.15, 0.2) is 28.1 Å². The van der Waals surface area contributed by atoms with Crippen molar-refractivity contribution in [2.75, 3.05) is 19.1 Å². The molecule has 0 radical (unpaired) electrons. The average Bonchev–Trinajstić information content (AvgIpc) is 2.75. The Morgan fingerprint density at radius 1 is 1.06 bits per heavy atom. The third kappa shape index (κ3) is 4.51. The van der Waals surface area contributed by atoms with E-state index in [-0.39, 0.29) is 11.5 Å². The van der Waals surface area contributed by atoms with Crippen molar-refractivity contribution < 1.29 is 13.5 Å². The number of hydrogen-bond acceptors (Lipinski definition) is 6. The highest BCUT2D eigenvalue weighted by molar-refractivity contribution is 7.98. The number of ether oxygens (including phenoxy) is 1. The molecule has 0 saturated carbocycles. The summed E-state index contributed by atoms with van der Waals surface area (Å²) >= 11 is 1.45. The fourth-order valence-electron chi connectivity index (χ4n) is 2.95. The first-order chi connectivity index (χ1) is 14.9. The number of hydrogen-bond donors (Lipinski definition) is 0. The van der Waals surface area contributed by atoms with E-state index in [4.69, 9.17) is 4.74 Å². The second-order valence-corrected chi connectivity index (χ2v) is 7.80. The molecule has 0 aliphatic heterocycles. The minimum absolute atomic E-state index is 0.125. The van der Waals surface area contributed by atoms with Crippen molar-refractivity contribution in [2.45, 2.75) is 10.9 Å². The number of nitrogens with zero attached hydrogens (tertiary/aromatic N) is 4. The van der Waals surface area contributed by atoms with Crippen LogP contribution in [0, 0.1) is 11.6 Å². The normalized spacial score (nSPS) is 11.0. The van der Waals surface area contributed by atoms with Crippen LogP contribution in [-0.2, 0) is 5.75 Å². The van der Waals surface area contributed by atoms with Crippen LogP contribution in [0.5, 0.6) is 11.5 Å². The van der Waals surface area contributed by atoms with Gasteiger partial charge in [0.25, 0.3) is 0 Å². The van der Waals surface area contributed by atoms with Gasteiger partial charge in [-0.25, -0.2) is 18.7 Å². The Morgan fingerprint density at radius 2 is 1.84 bits per heavy atom. The molecule has 6 nitrogen and oxygen atoms in total. The Bertz CT molecular complexity index is 1300. The SMILES string of the molecule is CN(C)n1c(=O)c(Oc2ccc(F)cc2F)cc2cnc(SCc3ccccc3)nc21. The minimum Gasteiger partial charge on any atom is -0.448 e. The number of fused-ring (bicyclic) bond motifs is 1. The maximum atomic E-state index is 14.0. The smallest absolute Gasteiger partial charge is 0.313 e. The van der Waals surface area contributed by atoms with Crippen molar-refractivity contribution in [3.8, 4) is 11.5 Å². The van der Waals surface area contributed by atoms with Gasteiger partial charge in [-0.05, 0) is 23.8 Å². The minimum atomic E-state index is -0.903. The average molecular weight is 440 g/mol. The standard InChI is InChI=1S/C22H18F2N4O2S/c1-27(2)28-20-15(12-25-22(26-20)31-13-14-6-4-3-5-7-14)10-19(21(28)29)30-18-9-8-16(23)11-17(18)24/h3-12H,13H2,1-2H3. The number of rotatable bonds is 6. The molecule has 4 rings (SSSR count). The molecule has 2 aromatic carbocycles. The first-order valence-electron chi connectivity index (χ1n) is 9.32. The molecule has 0 bridgehead atoms. The molecule has 0 saturated heterocycles. The summed E-state index contributed by atoms with van der Waals surface area (Å²) in [5.41, 5.74) is 0.998. The van der Waals surface area contributed by atoms with Gasteiger partial charge in [0.2, 0.25) is 0 Å². The zero-order valence-corrected chi connectivity index (χ0v) is 17.6. The third-order valence-electron chi connectivity index (χ3n) is 4.39. The summed E-state index contributed by atoms with van der Waals surface area (Å²) in [6.07, 6.45) is 1.59. The van der Waals surface area contributed by atoms with Crippen molar-refractivity contribution >= 4 is 22.8 Å². The van der Waals surface area contributed by atoms with Gasteiger partial charge < -0.3 is 9.75 Å². The van der Waals surface area contributed by atoms with Crippen LogP contribution in [0.1, 0.15) is 5.56 Å². The van der Waals surface area contributed by atoms with Gasteiger partial charge >= 0.3 is 5.56 Å². The Kier molecular flexibility index (Phi) is 5.85. The lowest BCUT2D eigenvalue weighted by Crippen LogP contribution is -2.37. The Hall–Kier alpha value is -3.46. The lowest BCUT2D eigenvalue weighted by molar-refractivity contribution is 0.428. The van der Waals surface area contributed by atoms with Crippen molar-refractivity contribution in [1.82, 2.24) is 14.6 Å². The summed E-state index contributed by atoms with van der Waals surface area (Å²) in [5, 5.41) is 2.61. The molecule has 2 aromatic heterocycles. The molecule has 0 N–H and O–H groups in total. The number of benzene rings is 2. The van der Waals surface area contributed by atoms with Crippen LogP contribution in [-0.4, -0.2) is 28.7 Å². The van der Waals surface area contributed by atoms with E-state index in [1.165, 1.54) is 22.5 Å². The Labute approximate surface area is 181 Å². The molecule has 158 valence electrons. The van der Waals surface area contributed by atoms with Crippen LogP contribution in [0.3, 0.4) is 0 Å². The highest BCUT2D eigenvalue weighted by Crippen LogP contribution is 2.26. The predicted octanol–water partition coefficient (Wildman–Crippen LogP) is 4.35. The van der Waals surface area contributed by atoms with Gasteiger partial charge in [-0.1, -0.05) is 42.1 Å². The highest BCUT2D eigenvalue weighted by atomic mass is 32.2. The first-order valence-corrected chi connectivity index (χ1v) is 10.3. The number of aromatic nitrogens is 3. The molecule has 0 aliphatic carbocycles. The molecule has 0 aliphatic rings. The van der Waals surface area contributed by atoms with E-state index in [0.717, 1.165) is 17.7 Å². The van der Waals surface area contributed by atoms with Crippen LogP contribution in [0.4, 0.5) is 8.78 Å². The molecule has 0 atom stereocenters. The maximum absolute atomic E-state index is 14.0. The third-order valence-corrected chi connectivity index (χ3v) is 5.32. The fourth-order valence-corrected chi connectivity index (χ4v) is 3.72. The summed E-state index contributed by atoms with van der Waals surface area (Å²) in [6, 6.07) is 14.3. The van der Waals surface area contributed by atoms with Gasteiger partial charge in [-0.3, -0.25) is 4.79 Å². The van der Waals surface area contributed by atoms with Crippen molar-refractivity contribution in [2.24, 2.45) is 0 Å². The zero-order valence-electron chi connectivity index (χ0n) is 16.8. The zero-order chi connectivity index (χ0) is 22.0. The molecule has 2 heterocycles. The van der Waals surface area contributed by atoms with E-state index in [2.05, 4.69) is 9.97 Å². The second kappa shape index (κ2) is 8.73. The van der Waals surface area contributed by atoms with Crippen LogP contribution in [0.2, 0.25) is 0 Å². The van der Waals surface area contributed by atoms with Gasteiger partial charge in [-0.15, -0.1) is 0 Å². The van der Waals surface area contributed by atoms with Crippen LogP contribution in [0.15, 0.2) is 70.7 Å². The Morgan fingerprint density at radius 3 is 2.55 bits per heavy atom.